The largest absolute Gasteiger partial charge is 0.494 e. The van der Waals surface area contributed by atoms with E-state index in [0.717, 1.165) is 28.0 Å². The molecule has 0 spiro atoms. The van der Waals surface area contributed by atoms with E-state index in [1.807, 2.05) is 80.6 Å². The smallest absolute Gasteiger partial charge is 0.262 e. The Morgan fingerprint density at radius 2 is 1.70 bits per heavy atom. The van der Waals surface area contributed by atoms with Gasteiger partial charge in [0, 0.05) is 28.2 Å². The zero-order chi connectivity index (χ0) is 22.9. The zero-order valence-corrected chi connectivity index (χ0v) is 18.7. The lowest BCUT2D eigenvalue weighted by Gasteiger charge is -2.12. The highest BCUT2D eigenvalue weighted by Crippen LogP contribution is 2.29. The van der Waals surface area contributed by atoms with Crippen LogP contribution in [-0.4, -0.2) is 21.3 Å². The second-order valence-electron chi connectivity index (χ2n) is 7.91. The van der Waals surface area contributed by atoms with Crippen molar-refractivity contribution in [3.8, 4) is 34.3 Å². The fourth-order valence-electron chi connectivity index (χ4n) is 3.85. The van der Waals surface area contributed by atoms with Gasteiger partial charge in [0.05, 0.1) is 12.2 Å². The SMILES string of the molecule is CCOc1ccc(-c2noc(-c3cn(-c4ccc(C)c(C)c4)c(=O)c4ccccc34)n2)cc1. The number of hydrogen-bond donors (Lipinski definition) is 0. The van der Waals surface area contributed by atoms with Crippen LogP contribution in [0.1, 0.15) is 18.1 Å². The van der Waals surface area contributed by atoms with E-state index >= 15 is 0 Å². The Kier molecular flexibility index (Phi) is 5.26. The van der Waals surface area contributed by atoms with Gasteiger partial charge in [-0.3, -0.25) is 9.36 Å². The predicted octanol–water partition coefficient (Wildman–Crippen LogP) is 5.72. The van der Waals surface area contributed by atoms with Crippen molar-refractivity contribution in [1.29, 1.82) is 0 Å². The first-order chi connectivity index (χ1) is 16.0. The summed E-state index contributed by atoms with van der Waals surface area (Å²) in [6.45, 7) is 6.64. The molecule has 0 atom stereocenters. The topological polar surface area (TPSA) is 70.2 Å². The molecule has 0 amide bonds. The van der Waals surface area contributed by atoms with Crippen LogP contribution in [0.3, 0.4) is 0 Å². The Labute approximate surface area is 191 Å². The molecule has 0 radical (unpaired) electrons. The number of ether oxygens (including phenoxy) is 1. The number of fused-ring (bicyclic) bond motifs is 1. The maximum absolute atomic E-state index is 13.3. The summed E-state index contributed by atoms with van der Waals surface area (Å²) in [5, 5.41) is 5.54. The molecule has 5 aromatic rings. The molecule has 2 heterocycles. The minimum atomic E-state index is -0.0937. The van der Waals surface area contributed by atoms with E-state index < -0.39 is 0 Å². The first kappa shape index (κ1) is 20.7. The Balaban J connectivity index is 1.65. The average Bonchev–Trinajstić information content (AvgIpc) is 3.32. The Bertz CT molecular complexity index is 1510. The number of rotatable bonds is 5. The molecule has 0 aliphatic carbocycles. The highest BCUT2D eigenvalue weighted by molar-refractivity contribution is 5.94. The monoisotopic (exact) mass is 437 g/mol. The lowest BCUT2D eigenvalue weighted by atomic mass is 10.1. The Morgan fingerprint density at radius 1 is 0.939 bits per heavy atom. The van der Waals surface area contributed by atoms with Crippen molar-refractivity contribution < 1.29 is 9.26 Å². The van der Waals surface area contributed by atoms with Crippen LogP contribution in [0.25, 0.3) is 39.3 Å². The second kappa shape index (κ2) is 8.39. The predicted molar refractivity (Wildman–Crippen MR) is 129 cm³/mol. The molecule has 6 heteroatoms. The van der Waals surface area contributed by atoms with Crippen molar-refractivity contribution in [3.63, 3.8) is 0 Å². The third-order valence-electron chi connectivity index (χ3n) is 5.77. The molecule has 33 heavy (non-hydrogen) atoms. The molecule has 6 nitrogen and oxygen atoms in total. The summed E-state index contributed by atoms with van der Waals surface area (Å²) in [5.74, 6) is 1.62. The summed E-state index contributed by atoms with van der Waals surface area (Å²) in [6.07, 6.45) is 1.78. The molecular weight excluding hydrogens is 414 g/mol. The number of benzene rings is 3. The van der Waals surface area contributed by atoms with Gasteiger partial charge in [-0.1, -0.05) is 29.4 Å². The summed E-state index contributed by atoms with van der Waals surface area (Å²) in [4.78, 5) is 17.9. The molecule has 0 saturated carbocycles. The van der Waals surface area contributed by atoms with Crippen LogP contribution in [0.2, 0.25) is 0 Å². The lowest BCUT2D eigenvalue weighted by molar-refractivity contribution is 0.340. The van der Waals surface area contributed by atoms with Crippen LogP contribution >= 0.6 is 0 Å². The lowest BCUT2D eigenvalue weighted by Crippen LogP contribution is -2.18. The van der Waals surface area contributed by atoms with Crippen LogP contribution in [0.5, 0.6) is 5.75 Å². The van der Waals surface area contributed by atoms with E-state index in [4.69, 9.17) is 9.26 Å². The molecular formula is C27H23N3O3. The fraction of sp³-hybridized carbons (Fsp3) is 0.148. The highest BCUT2D eigenvalue weighted by atomic mass is 16.5. The van der Waals surface area contributed by atoms with E-state index in [0.29, 0.717) is 29.3 Å². The maximum atomic E-state index is 13.3. The number of pyridine rings is 1. The summed E-state index contributed by atoms with van der Waals surface area (Å²) in [5.41, 5.74) is 4.51. The van der Waals surface area contributed by atoms with Gasteiger partial charge in [-0.25, -0.2) is 0 Å². The van der Waals surface area contributed by atoms with E-state index in [-0.39, 0.29) is 5.56 Å². The van der Waals surface area contributed by atoms with Crippen LogP contribution in [0, 0.1) is 13.8 Å². The van der Waals surface area contributed by atoms with Crippen LogP contribution in [-0.2, 0) is 0 Å². The van der Waals surface area contributed by atoms with Gasteiger partial charge in [-0.05, 0) is 74.4 Å². The molecule has 0 aliphatic rings. The summed E-state index contributed by atoms with van der Waals surface area (Å²) in [7, 11) is 0. The number of aromatic nitrogens is 3. The third-order valence-corrected chi connectivity index (χ3v) is 5.77. The van der Waals surface area contributed by atoms with Crippen LogP contribution in [0.4, 0.5) is 0 Å². The normalized spacial score (nSPS) is 11.1. The van der Waals surface area contributed by atoms with E-state index in [1.54, 1.807) is 10.8 Å². The van der Waals surface area contributed by atoms with Gasteiger partial charge in [0.25, 0.3) is 11.4 Å². The van der Waals surface area contributed by atoms with Gasteiger partial charge in [0.15, 0.2) is 0 Å². The molecule has 0 N–H and O–H groups in total. The number of hydrogen-bond acceptors (Lipinski definition) is 5. The average molecular weight is 437 g/mol. The standard InChI is InChI=1S/C27H23N3O3/c1-4-32-21-13-10-19(11-14-21)25-28-26(33-29-25)24-16-30(20-12-9-17(2)18(3)15-20)27(31)23-8-6-5-7-22(23)24/h5-16H,4H2,1-3H3. The Morgan fingerprint density at radius 3 is 2.42 bits per heavy atom. The van der Waals surface area contributed by atoms with Crippen molar-refractivity contribution in [1.82, 2.24) is 14.7 Å². The van der Waals surface area contributed by atoms with Crippen LogP contribution in [0.15, 0.2) is 82.2 Å². The van der Waals surface area contributed by atoms with Crippen molar-refractivity contribution in [3.05, 3.63) is 94.4 Å². The van der Waals surface area contributed by atoms with Crippen LogP contribution < -0.4 is 10.3 Å². The molecule has 0 aliphatic heterocycles. The zero-order valence-electron chi connectivity index (χ0n) is 18.7. The summed E-state index contributed by atoms with van der Waals surface area (Å²) >= 11 is 0. The van der Waals surface area contributed by atoms with Crippen molar-refractivity contribution in [2.45, 2.75) is 20.8 Å². The first-order valence-corrected chi connectivity index (χ1v) is 10.8. The molecule has 0 unspecified atom stereocenters. The first-order valence-electron chi connectivity index (χ1n) is 10.8. The molecule has 164 valence electrons. The second-order valence-corrected chi connectivity index (χ2v) is 7.91. The maximum Gasteiger partial charge on any atom is 0.262 e. The molecule has 5 rings (SSSR count). The van der Waals surface area contributed by atoms with E-state index in [1.165, 1.54) is 5.56 Å². The highest BCUT2D eigenvalue weighted by Gasteiger charge is 2.17. The quantitative estimate of drug-likeness (QED) is 0.352. The van der Waals surface area contributed by atoms with Gasteiger partial charge in [-0.2, -0.15) is 4.98 Å². The van der Waals surface area contributed by atoms with Crippen molar-refractivity contribution in [2.75, 3.05) is 6.61 Å². The minimum absolute atomic E-state index is 0.0937. The van der Waals surface area contributed by atoms with E-state index in [9.17, 15) is 4.79 Å². The fourth-order valence-corrected chi connectivity index (χ4v) is 3.85. The third kappa shape index (κ3) is 3.80. The van der Waals surface area contributed by atoms with Gasteiger partial charge in [-0.15, -0.1) is 0 Å². The van der Waals surface area contributed by atoms with Crippen molar-refractivity contribution in [2.24, 2.45) is 0 Å². The van der Waals surface area contributed by atoms with Gasteiger partial charge in [0.2, 0.25) is 5.82 Å². The molecule has 2 aromatic heterocycles. The molecule has 0 saturated heterocycles. The van der Waals surface area contributed by atoms with E-state index in [2.05, 4.69) is 17.1 Å². The van der Waals surface area contributed by atoms with Crippen molar-refractivity contribution >= 4 is 10.8 Å². The number of nitrogens with zero attached hydrogens (tertiary/aromatic N) is 3. The van der Waals surface area contributed by atoms with Gasteiger partial charge >= 0.3 is 0 Å². The Hall–Kier alpha value is -4.19. The number of aryl methyl sites for hydroxylation is 2. The summed E-state index contributed by atoms with van der Waals surface area (Å²) in [6, 6.07) is 21.0. The molecule has 0 bridgehead atoms. The molecule has 3 aromatic carbocycles. The minimum Gasteiger partial charge on any atom is -0.494 e. The summed E-state index contributed by atoms with van der Waals surface area (Å²) < 4.78 is 12.8. The molecule has 0 fully saturated rings. The van der Waals surface area contributed by atoms with Gasteiger partial charge < -0.3 is 9.26 Å². The van der Waals surface area contributed by atoms with Gasteiger partial charge in [0.1, 0.15) is 5.75 Å².